The number of carbonyl (C=O) groups is 1. The van der Waals surface area contributed by atoms with Crippen LogP contribution in [0.3, 0.4) is 0 Å². The summed E-state index contributed by atoms with van der Waals surface area (Å²) in [6.07, 6.45) is 6.82. The molecule has 0 unspecified atom stereocenters. The normalized spacial score (nSPS) is 11.5. The van der Waals surface area contributed by atoms with E-state index in [-0.39, 0.29) is 6.61 Å². The second-order valence-electron chi connectivity index (χ2n) is 7.27. The molecule has 0 aliphatic carbocycles. The Bertz CT molecular complexity index is 1320. The standard InChI is InChI=1S/C25H24N4O4/c1-5-33-25(30)12-21(17-8-19(31-3)11-20(9-17)32-4)16-6-7-22-23(10-16)28-24(14-26-22)18-13-27-29(2)15-18/h6-15H,5H2,1-4H3. The predicted molar refractivity (Wildman–Crippen MR) is 125 cm³/mol. The summed E-state index contributed by atoms with van der Waals surface area (Å²) in [6, 6.07) is 11.1. The SMILES string of the molecule is CCOC(=O)C=C(c1cc(OC)cc(OC)c1)c1ccc2ncc(-c3cnn(C)c3)nc2c1. The summed E-state index contributed by atoms with van der Waals surface area (Å²) in [6.45, 7) is 2.05. The Kier molecular flexibility index (Phi) is 6.35. The summed E-state index contributed by atoms with van der Waals surface area (Å²) >= 11 is 0. The Hall–Kier alpha value is -4.20. The molecule has 0 atom stereocenters. The summed E-state index contributed by atoms with van der Waals surface area (Å²) in [5, 5.41) is 4.21. The highest BCUT2D eigenvalue weighted by molar-refractivity contribution is 5.98. The van der Waals surface area contributed by atoms with Crippen molar-refractivity contribution in [2.45, 2.75) is 6.92 Å². The predicted octanol–water partition coefficient (Wildman–Crippen LogP) is 4.04. The number of ether oxygens (including phenoxy) is 3. The van der Waals surface area contributed by atoms with Crippen LogP contribution in [0.5, 0.6) is 11.5 Å². The fraction of sp³-hybridized carbons (Fsp3) is 0.200. The highest BCUT2D eigenvalue weighted by atomic mass is 16.5. The third-order valence-electron chi connectivity index (χ3n) is 5.07. The zero-order valence-corrected chi connectivity index (χ0v) is 18.9. The van der Waals surface area contributed by atoms with Gasteiger partial charge in [-0.1, -0.05) is 6.07 Å². The fourth-order valence-electron chi connectivity index (χ4n) is 3.47. The van der Waals surface area contributed by atoms with E-state index < -0.39 is 5.97 Å². The highest BCUT2D eigenvalue weighted by Gasteiger charge is 2.14. The van der Waals surface area contributed by atoms with Gasteiger partial charge in [-0.05, 0) is 47.9 Å². The second kappa shape index (κ2) is 9.52. The number of benzene rings is 2. The van der Waals surface area contributed by atoms with Crippen LogP contribution in [-0.2, 0) is 16.6 Å². The van der Waals surface area contributed by atoms with Crippen molar-refractivity contribution < 1.29 is 19.0 Å². The third kappa shape index (κ3) is 4.85. The number of fused-ring (bicyclic) bond motifs is 1. The van der Waals surface area contributed by atoms with Crippen LogP contribution < -0.4 is 9.47 Å². The van der Waals surface area contributed by atoms with Gasteiger partial charge in [0, 0.05) is 31.0 Å². The molecule has 0 N–H and O–H groups in total. The summed E-state index contributed by atoms with van der Waals surface area (Å²) < 4.78 is 17.7. The monoisotopic (exact) mass is 444 g/mol. The highest BCUT2D eigenvalue weighted by Crippen LogP contribution is 2.32. The zero-order chi connectivity index (χ0) is 23.4. The average molecular weight is 444 g/mol. The lowest BCUT2D eigenvalue weighted by Crippen LogP contribution is -2.02. The van der Waals surface area contributed by atoms with Crippen LogP contribution in [0, 0.1) is 0 Å². The van der Waals surface area contributed by atoms with Gasteiger partial charge in [0.25, 0.3) is 0 Å². The molecule has 4 rings (SSSR count). The second-order valence-corrected chi connectivity index (χ2v) is 7.27. The molecule has 33 heavy (non-hydrogen) atoms. The Morgan fingerprint density at radius 2 is 1.76 bits per heavy atom. The number of hydrogen-bond donors (Lipinski definition) is 0. The summed E-state index contributed by atoms with van der Waals surface area (Å²) in [5.41, 5.74) is 5.20. The molecule has 0 saturated carbocycles. The number of esters is 1. The van der Waals surface area contributed by atoms with Crippen LogP contribution in [0.1, 0.15) is 18.1 Å². The van der Waals surface area contributed by atoms with Crippen molar-refractivity contribution in [2.75, 3.05) is 20.8 Å². The number of carbonyl (C=O) groups excluding carboxylic acids is 1. The Morgan fingerprint density at radius 3 is 2.39 bits per heavy atom. The number of hydrogen-bond acceptors (Lipinski definition) is 7. The smallest absolute Gasteiger partial charge is 0.331 e. The minimum atomic E-state index is -0.440. The van der Waals surface area contributed by atoms with Gasteiger partial charge < -0.3 is 14.2 Å². The first-order valence-electron chi connectivity index (χ1n) is 10.4. The van der Waals surface area contributed by atoms with Gasteiger partial charge in [-0.2, -0.15) is 5.10 Å². The molecule has 8 heteroatoms. The van der Waals surface area contributed by atoms with Gasteiger partial charge in [-0.25, -0.2) is 9.78 Å². The minimum absolute atomic E-state index is 0.279. The summed E-state index contributed by atoms with van der Waals surface area (Å²) in [7, 11) is 5.02. The van der Waals surface area contributed by atoms with Gasteiger partial charge in [-0.3, -0.25) is 9.67 Å². The van der Waals surface area contributed by atoms with Gasteiger partial charge in [0.15, 0.2) is 0 Å². The van der Waals surface area contributed by atoms with E-state index >= 15 is 0 Å². The van der Waals surface area contributed by atoms with Gasteiger partial charge >= 0.3 is 5.97 Å². The Labute approximate surface area is 191 Å². The van der Waals surface area contributed by atoms with E-state index in [9.17, 15) is 4.79 Å². The van der Waals surface area contributed by atoms with Gasteiger partial charge in [0.1, 0.15) is 11.5 Å². The van der Waals surface area contributed by atoms with Gasteiger partial charge in [0.05, 0.1) is 49.9 Å². The molecule has 2 aromatic carbocycles. The van der Waals surface area contributed by atoms with E-state index in [4.69, 9.17) is 19.2 Å². The molecule has 0 aliphatic rings. The molecule has 0 amide bonds. The molecule has 2 heterocycles. The van der Waals surface area contributed by atoms with Crippen LogP contribution in [0.15, 0.2) is 61.1 Å². The molecule has 4 aromatic rings. The summed E-state index contributed by atoms with van der Waals surface area (Å²) in [5.74, 6) is 0.779. The first-order valence-corrected chi connectivity index (χ1v) is 10.4. The molecule has 0 spiro atoms. The van der Waals surface area contributed by atoms with E-state index in [2.05, 4.69) is 10.1 Å². The lowest BCUT2D eigenvalue weighted by molar-refractivity contribution is -0.137. The van der Waals surface area contributed by atoms with Crippen LogP contribution in [0.25, 0.3) is 27.9 Å². The van der Waals surface area contributed by atoms with Crippen LogP contribution in [-0.4, -0.2) is 46.5 Å². The lowest BCUT2D eigenvalue weighted by atomic mass is 9.96. The van der Waals surface area contributed by atoms with Gasteiger partial charge in [0.2, 0.25) is 0 Å². The quantitative estimate of drug-likeness (QED) is 0.314. The topological polar surface area (TPSA) is 88.4 Å². The number of methoxy groups -OCH3 is 2. The number of aryl methyl sites for hydroxylation is 1. The molecule has 0 bridgehead atoms. The van der Waals surface area contributed by atoms with Crippen LogP contribution >= 0.6 is 0 Å². The first-order chi connectivity index (χ1) is 16.0. The molecule has 2 aromatic heterocycles. The van der Waals surface area contributed by atoms with Crippen molar-refractivity contribution in [3.8, 4) is 22.8 Å². The maximum Gasteiger partial charge on any atom is 0.331 e. The van der Waals surface area contributed by atoms with Gasteiger partial charge in [-0.15, -0.1) is 0 Å². The van der Waals surface area contributed by atoms with Crippen molar-refractivity contribution in [3.05, 3.63) is 72.2 Å². The van der Waals surface area contributed by atoms with Crippen molar-refractivity contribution in [2.24, 2.45) is 7.05 Å². The van der Waals surface area contributed by atoms with Crippen LogP contribution in [0.2, 0.25) is 0 Å². The van der Waals surface area contributed by atoms with Crippen molar-refractivity contribution in [1.82, 2.24) is 19.7 Å². The lowest BCUT2D eigenvalue weighted by Gasteiger charge is -2.13. The number of nitrogens with zero attached hydrogens (tertiary/aromatic N) is 4. The summed E-state index contributed by atoms with van der Waals surface area (Å²) in [4.78, 5) is 21.7. The molecular formula is C25H24N4O4. The zero-order valence-electron chi connectivity index (χ0n) is 18.9. The van der Waals surface area contributed by atoms with E-state index in [1.807, 2.05) is 43.6 Å². The van der Waals surface area contributed by atoms with E-state index in [0.717, 1.165) is 22.2 Å². The van der Waals surface area contributed by atoms with E-state index in [1.54, 1.807) is 44.3 Å². The molecule has 0 radical (unpaired) electrons. The maximum atomic E-state index is 12.4. The first kappa shape index (κ1) is 22.0. The minimum Gasteiger partial charge on any atom is -0.497 e. The fourth-order valence-corrected chi connectivity index (χ4v) is 3.47. The van der Waals surface area contributed by atoms with E-state index in [0.29, 0.717) is 28.3 Å². The van der Waals surface area contributed by atoms with Crippen molar-refractivity contribution in [3.63, 3.8) is 0 Å². The van der Waals surface area contributed by atoms with E-state index in [1.165, 1.54) is 6.08 Å². The van der Waals surface area contributed by atoms with Crippen molar-refractivity contribution in [1.29, 1.82) is 0 Å². The molecule has 0 saturated heterocycles. The average Bonchev–Trinajstić information content (AvgIpc) is 3.27. The maximum absolute atomic E-state index is 12.4. The largest absolute Gasteiger partial charge is 0.497 e. The number of aromatic nitrogens is 4. The molecule has 0 aliphatic heterocycles. The Morgan fingerprint density at radius 1 is 1.00 bits per heavy atom. The molecular weight excluding hydrogens is 420 g/mol. The Balaban J connectivity index is 1.86. The molecule has 168 valence electrons. The molecule has 0 fully saturated rings. The van der Waals surface area contributed by atoms with Crippen LogP contribution in [0.4, 0.5) is 0 Å². The third-order valence-corrected chi connectivity index (χ3v) is 5.07. The van der Waals surface area contributed by atoms with Crippen molar-refractivity contribution >= 4 is 22.6 Å². The number of rotatable bonds is 7. The molecule has 8 nitrogen and oxygen atoms in total.